The van der Waals surface area contributed by atoms with Crippen LogP contribution in [0.3, 0.4) is 0 Å². The lowest BCUT2D eigenvalue weighted by molar-refractivity contribution is -0.688. The summed E-state index contributed by atoms with van der Waals surface area (Å²) in [4.78, 5) is 99.0. The van der Waals surface area contributed by atoms with Gasteiger partial charge in [0, 0.05) is 85.8 Å². The van der Waals surface area contributed by atoms with Crippen molar-refractivity contribution in [1.29, 1.82) is 0 Å². The molecule has 0 spiro atoms. The van der Waals surface area contributed by atoms with Gasteiger partial charge in [-0.3, -0.25) is 33.7 Å². The van der Waals surface area contributed by atoms with Crippen LogP contribution in [0.25, 0.3) is 6.08 Å². The number of hydrogen-bond donors (Lipinski definition) is 10. The molecule has 4 heterocycles. The number of pyridine rings is 1. The summed E-state index contributed by atoms with van der Waals surface area (Å²) < 4.78 is 44.6. The highest BCUT2D eigenvalue weighted by Crippen LogP contribution is 2.31. The fourth-order valence-electron chi connectivity index (χ4n) is 8.06. The number of hydrogen-bond acceptors (Lipinski definition) is 15. The molecule has 0 saturated carbocycles. The molecule has 1 aromatic heterocycles. The third-order valence-electron chi connectivity index (χ3n) is 12.0. The van der Waals surface area contributed by atoms with Crippen molar-refractivity contribution >= 4 is 64.8 Å². The molecule has 75 heavy (non-hydrogen) atoms. The number of piperidine rings is 1. The molecule has 404 valence electrons. The molecule has 26 heteroatoms. The van der Waals surface area contributed by atoms with Gasteiger partial charge in [0.05, 0.1) is 5.69 Å². The van der Waals surface area contributed by atoms with Crippen LogP contribution in [0.15, 0.2) is 85.2 Å². The van der Waals surface area contributed by atoms with E-state index in [0.29, 0.717) is 52.8 Å². The van der Waals surface area contributed by atoms with Gasteiger partial charge >= 0.3 is 18.1 Å². The van der Waals surface area contributed by atoms with Gasteiger partial charge in [0.15, 0.2) is 25.0 Å². The number of imide groups is 1. The second-order valence-electron chi connectivity index (χ2n) is 17.5. The molecule has 0 bridgehead atoms. The van der Waals surface area contributed by atoms with Gasteiger partial charge in [0.2, 0.25) is 24.0 Å². The number of likely N-dealkylation sites (tertiary alicyclic amines) is 1. The summed E-state index contributed by atoms with van der Waals surface area (Å²) in [5, 5.41) is 55.8. The maximum absolute atomic E-state index is 13.3. The number of aliphatic carboxylic acids is 2. The lowest BCUT2D eigenvalue weighted by Crippen LogP contribution is -2.61. The number of anilines is 2. The highest BCUT2D eigenvalue weighted by atomic mass is 19.4. The topological polar surface area (TPSA) is 355 Å². The highest BCUT2D eigenvalue weighted by molar-refractivity contribution is 6.15. The summed E-state index contributed by atoms with van der Waals surface area (Å²) in [5.41, 5.74) is 14.0. The summed E-state index contributed by atoms with van der Waals surface area (Å²) in [6.07, 6.45) is -1.58. The van der Waals surface area contributed by atoms with Crippen LogP contribution in [0.5, 0.6) is 5.75 Å². The Labute approximate surface area is 426 Å². The molecule has 0 aliphatic carbocycles. The van der Waals surface area contributed by atoms with Crippen LogP contribution in [-0.2, 0) is 44.8 Å². The van der Waals surface area contributed by atoms with E-state index < -0.39 is 78.5 Å². The van der Waals surface area contributed by atoms with Crippen LogP contribution < -0.4 is 36.7 Å². The molecule has 0 radical (unpaired) electrons. The number of ether oxygens (including phenoxy) is 2. The van der Waals surface area contributed by atoms with E-state index in [-0.39, 0.29) is 49.3 Å². The molecular weight excluding hydrogens is 998 g/mol. The summed E-state index contributed by atoms with van der Waals surface area (Å²) in [7, 11) is 0. The molecule has 23 nitrogen and oxygen atoms in total. The highest BCUT2D eigenvalue weighted by Gasteiger charge is 2.48. The maximum Gasteiger partial charge on any atom is 0.490 e. The molecule has 6 amide bonds. The standard InChI is InChI=1S/C47H56N8O13.C2HF3O2/c48-25-34(55-38(58)13-14-39(55)59)44(63)51-19-15-37(57)52-33-23-30(9-11-35(33)67-47-42(62)40(60)41(61)43(68-47)46(65)66)27-53-20-4-6-29(26-53)10-12-36(56)50-18-2-1-5-28-16-21-54(22-17-28)45(64)31-7-3-8-32(49)24-31;3-2(4,5)1(6)7/h3-4,6-14,20,23-24,26,28,34,40-43,47,60-62H,1-2,5,15-19,21-22,25,27,48-49H2,(H3-,50,51,52,56,57,63,65,66);(H,6,7)/p+1/b12-10+;/t34-,40-,41-,42+,43-,47+;/m0./s1. The van der Waals surface area contributed by atoms with Gasteiger partial charge in [-0.05, 0) is 73.7 Å². The quantitative estimate of drug-likeness (QED) is 0.0235. The summed E-state index contributed by atoms with van der Waals surface area (Å²) in [6, 6.07) is 13.9. The number of carboxylic acid groups (broad SMARTS) is 2. The van der Waals surface area contributed by atoms with Crippen molar-refractivity contribution in [2.45, 2.75) is 88.0 Å². The number of amides is 6. The molecule has 12 N–H and O–H groups in total. The average Bonchev–Trinajstić information content (AvgIpc) is 3.70. The number of aliphatic hydroxyl groups excluding tert-OH is 3. The van der Waals surface area contributed by atoms with Crippen LogP contribution in [0.2, 0.25) is 0 Å². The summed E-state index contributed by atoms with van der Waals surface area (Å²) in [5.74, 6) is -7.02. The Hall–Kier alpha value is -7.78. The van der Waals surface area contributed by atoms with E-state index in [1.54, 1.807) is 60.9 Å². The number of nitrogen functional groups attached to an aromatic ring is 1. The van der Waals surface area contributed by atoms with Gasteiger partial charge in [-0.2, -0.15) is 13.2 Å². The normalized spacial score (nSPS) is 20.2. The molecule has 3 aromatic rings. The van der Waals surface area contributed by atoms with E-state index in [2.05, 4.69) is 16.0 Å². The van der Waals surface area contributed by atoms with Crippen LogP contribution in [0.1, 0.15) is 60.0 Å². The summed E-state index contributed by atoms with van der Waals surface area (Å²) >= 11 is 0. The van der Waals surface area contributed by atoms with Crippen molar-refractivity contribution in [2.75, 3.05) is 43.8 Å². The Balaban J connectivity index is 0.00000138. The van der Waals surface area contributed by atoms with E-state index in [9.17, 15) is 67.2 Å². The average molecular weight is 1060 g/mol. The third-order valence-corrected chi connectivity index (χ3v) is 12.0. The number of nitrogens with zero attached hydrogens (tertiary/aromatic N) is 3. The fraction of sp³-hybridized carbons (Fsp3) is 0.408. The zero-order valence-electron chi connectivity index (χ0n) is 40.1. The number of alkyl halides is 3. The molecular formula is C49H58F3N8O15+. The molecule has 2 aromatic carbocycles. The van der Waals surface area contributed by atoms with Crippen LogP contribution >= 0.6 is 0 Å². The van der Waals surface area contributed by atoms with Crippen molar-refractivity contribution in [2.24, 2.45) is 11.7 Å². The Morgan fingerprint density at radius 3 is 2.23 bits per heavy atom. The maximum atomic E-state index is 13.3. The molecule has 6 atom stereocenters. The Bertz CT molecular complexity index is 2610. The first kappa shape index (κ1) is 58.1. The first-order valence-corrected chi connectivity index (χ1v) is 23.5. The molecule has 2 saturated heterocycles. The van der Waals surface area contributed by atoms with Gasteiger partial charge in [-0.1, -0.05) is 18.9 Å². The summed E-state index contributed by atoms with van der Waals surface area (Å²) in [6.45, 7) is 1.57. The second kappa shape index (κ2) is 27.0. The lowest BCUT2D eigenvalue weighted by Gasteiger charge is -2.38. The number of unbranched alkanes of at least 4 members (excludes halogenated alkanes) is 1. The van der Waals surface area contributed by atoms with Gasteiger partial charge in [-0.25, -0.2) is 14.2 Å². The number of benzene rings is 2. The van der Waals surface area contributed by atoms with Gasteiger partial charge in [0.25, 0.3) is 17.7 Å². The number of nitrogens with two attached hydrogens (primary N) is 2. The number of carbonyl (C=O) groups excluding carboxylic acids is 6. The van der Waals surface area contributed by atoms with Crippen molar-refractivity contribution in [3.8, 4) is 5.75 Å². The van der Waals surface area contributed by atoms with Gasteiger partial charge in [-0.15, -0.1) is 0 Å². The smallest absolute Gasteiger partial charge is 0.479 e. The molecule has 6 rings (SSSR count). The number of carboxylic acids is 2. The fourth-order valence-corrected chi connectivity index (χ4v) is 8.06. The molecule has 3 aliphatic heterocycles. The van der Waals surface area contributed by atoms with Gasteiger partial charge < -0.3 is 67.3 Å². The number of rotatable bonds is 20. The second-order valence-corrected chi connectivity index (χ2v) is 17.5. The number of aromatic nitrogens is 1. The predicted molar refractivity (Wildman–Crippen MR) is 256 cm³/mol. The van der Waals surface area contributed by atoms with E-state index in [0.717, 1.165) is 44.3 Å². The first-order chi connectivity index (χ1) is 35.6. The zero-order valence-corrected chi connectivity index (χ0v) is 40.1. The SMILES string of the molecule is NC[C@@H](C(=O)NCCC(=O)Nc1cc(C[n+]2cccc(/C=C/C(=O)NCCCCC3CCN(C(=O)c4cccc(N)c4)CC3)c2)ccc1O[C@@H]1O[C@H](C(=O)O)[C@@H](O)[C@H](O)[C@H]1O)N1C(=O)C=CC1=O.O=C(O)C(F)(F)F. The molecule has 0 unspecified atom stereocenters. The predicted octanol–water partition coefficient (Wildman–Crippen LogP) is 0.0581. The zero-order chi connectivity index (χ0) is 55.0. The van der Waals surface area contributed by atoms with Crippen molar-refractivity contribution in [3.63, 3.8) is 0 Å². The van der Waals surface area contributed by atoms with Crippen LogP contribution in [0.4, 0.5) is 24.5 Å². The number of carbonyl (C=O) groups is 8. The van der Waals surface area contributed by atoms with Gasteiger partial charge in [0.1, 0.15) is 30.1 Å². The van der Waals surface area contributed by atoms with Crippen molar-refractivity contribution in [1.82, 2.24) is 20.4 Å². The third kappa shape index (κ3) is 16.9. The van der Waals surface area contributed by atoms with Crippen LogP contribution in [0, 0.1) is 5.92 Å². The first-order valence-electron chi connectivity index (χ1n) is 23.5. The minimum atomic E-state index is -5.08. The lowest BCUT2D eigenvalue weighted by atomic mass is 9.91. The largest absolute Gasteiger partial charge is 0.490 e. The van der Waals surface area contributed by atoms with Crippen LogP contribution in [-0.4, -0.2) is 158 Å². The molecule has 3 aliphatic rings. The Morgan fingerprint density at radius 1 is 0.893 bits per heavy atom. The van der Waals surface area contributed by atoms with Crippen molar-refractivity contribution < 1.29 is 91.1 Å². The van der Waals surface area contributed by atoms with E-state index in [1.807, 2.05) is 15.5 Å². The van der Waals surface area contributed by atoms with E-state index >= 15 is 0 Å². The minimum Gasteiger partial charge on any atom is -0.479 e. The number of nitrogens with one attached hydrogen (secondary N) is 3. The van der Waals surface area contributed by atoms with E-state index in [4.69, 9.17) is 30.8 Å². The van der Waals surface area contributed by atoms with E-state index in [1.165, 1.54) is 12.1 Å². The van der Waals surface area contributed by atoms with Crippen molar-refractivity contribution in [3.05, 3.63) is 102 Å². The minimum absolute atomic E-state index is 0.00195. The Kier molecular flexibility index (Phi) is 20.9. The number of halogens is 3. The number of aliphatic hydroxyl groups is 3. The molecule has 2 fully saturated rings. The monoisotopic (exact) mass is 1060 g/mol. The Morgan fingerprint density at radius 2 is 1.59 bits per heavy atom.